The molecule has 0 spiro atoms. The second kappa shape index (κ2) is 5.22. The minimum absolute atomic E-state index is 0.0705. The van der Waals surface area contributed by atoms with Gasteiger partial charge in [-0.2, -0.15) is 0 Å². The molecule has 2 fully saturated rings. The maximum atomic E-state index is 13.3. The van der Waals surface area contributed by atoms with Crippen molar-refractivity contribution in [2.45, 2.75) is 44.2 Å². The van der Waals surface area contributed by atoms with Gasteiger partial charge in [0.1, 0.15) is 5.82 Å². The second-order valence-corrected chi connectivity index (χ2v) is 6.00. The molecule has 2 nitrogen and oxygen atoms in total. The van der Waals surface area contributed by atoms with Crippen molar-refractivity contribution in [1.29, 1.82) is 0 Å². The third-order valence-corrected chi connectivity index (χ3v) is 4.70. The number of rotatable bonds is 2. The number of carbonyl (C=O) groups excluding carboxylic acids is 1. The summed E-state index contributed by atoms with van der Waals surface area (Å²) in [5.74, 6) is 0.108. The molecule has 3 rings (SSSR count). The van der Waals surface area contributed by atoms with E-state index in [1.54, 1.807) is 0 Å². The Hall–Kier alpha value is -0.930. The molecule has 102 valence electrons. The standard InChI is InChI=1S/C15H17ClFNO/c16-12-6-5-10(17)8-11(12)15(19)14-7-9-3-1-2-4-13(9)18-14/h5-6,8-9,13-14,18H,1-4,7H2. The number of ketones is 1. The molecule has 0 bridgehead atoms. The Morgan fingerprint density at radius 3 is 2.89 bits per heavy atom. The van der Waals surface area contributed by atoms with Crippen LogP contribution in [0.5, 0.6) is 0 Å². The van der Waals surface area contributed by atoms with Crippen LogP contribution in [0.1, 0.15) is 42.5 Å². The largest absolute Gasteiger partial charge is 0.304 e. The third kappa shape index (κ3) is 2.54. The molecular weight excluding hydrogens is 265 g/mol. The van der Waals surface area contributed by atoms with Gasteiger partial charge in [0.25, 0.3) is 0 Å². The van der Waals surface area contributed by atoms with Crippen molar-refractivity contribution < 1.29 is 9.18 Å². The van der Waals surface area contributed by atoms with E-state index in [1.165, 1.54) is 37.5 Å². The average Bonchev–Trinajstić information content (AvgIpc) is 2.84. The lowest BCUT2D eigenvalue weighted by atomic mass is 9.84. The molecule has 1 aromatic carbocycles. The third-order valence-electron chi connectivity index (χ3n) is 4.37. The second-order valence-electron chi connectivity index (χ2n) is 5.59. The van der Waals surface area contributed by atoms with E-state index in [9.17, 15) is 9.18 Å². The zero-order valence-corrected chi connectivity index (χ0v) is 11.4. The summed E-state index contributed by atoms with van der Waals surface area (Å²) in [6.07, 6.45) is 5.68. The highest BCUT2D eigenvalue weighted by Crippen LogP contribution is 2.34. The molecule has 3 atom stereocenters. The van der Waals surface area contributed by atoms with Gasteiger partial charge in [0.05, 0.1) is 11.1 Å². The maximum Gasteiger partial charge on any atom is 0.181 e. The van der Waals surface area contributed by atoms with E-state index in [2.05, 4.69) is 5.32 Å². The number of fused-ring (bicyclic) bond motifs is 1. The fraction of sp³-hybridized carbons (Fsp3) is 0.533. The van der Waals surface area contributed by atoms with E-state index in [4.69, 9.17) is 11.6 Å². The smallest absolute Gasteiger partial charge is 0.181 e. The van der Waals surface area contributed by atoms with E-state index < -0.39 is 5.82 Å². The van der Waals surface area contributed by atoms with Crippen LogP contribution in [0.2, 0.25) is 5.02 Å². The zero-order chi connectivity index (χ0) is 13.4. The summed E-state index contributed by atoms with van der Waals surface area (Å²) in [6, 6.07) is 4.23. The van der Waals surface area contributed by atoms with Crippen LogP contribution in [-0.4, -0.2) is 17.9 Å². The van der Waals surface area contributed by atoms with Crippen molar-refractivity contribution >= 4 is 17.4 Å². The molecule has 1 aromatic rings. The molecule has 1 saturated heterocycles. The minimum atomic E-state index is -0.414. The molecule has 2 aliphatic rings. The normalized spacial score (nSPS) is 30.1. The molecule has 0 amide bonds. The summed E-state index contributed by atoms with van der Waals surface area (Å²) in [7, 11) is 0. The first-order chi connectivity index (χ1) is 9.15. The monoisotopic (exact) mass is 281 g/mol. The van der Waals surface area contributed by atoms with Gasteiger partial charge in [0.2, 0.25) is 0 Å². The molecule has 1 saturated carbocycles. The fourth-order valence-electron chi connectivity index (χ4n) is 3.40. The van der Waals surface area contributed by atoms with E-state index in [-0.39, 0.29) is 11.8 Å². The SMILES string of the molecule is O=C(c1cc(F)ccc1Cl)C1CC2CCCCC2N1. The van der Waals surface area contributed by atoms with Crippen molar-refractivity contribution in [3.05, 3.63) is 34.6 Å². The highest BCUT2D eigenvalue weighted by atomic mass is 35.5. The summed E-state index contributed by atoms with van der Waals surface area (Å²) < 4.78 is 13.3. The van der Waals surface area contributed by atoms with Crippen LogP contribution >= 0.6 is 11.6 Å². The van der Waals surface area contributed by atoms with Crippen molar-refractivity contribution in [3.63, 3.8) is 0 Å². The van der Waals surface area contributed by atoms with Gasteiger partial charge in [0.15, 0.2) is 5.78 Å². The molecule has 1 aliphatic heterocycles. The Morgan fingerprint density at radius 2 is 2.11 bits per heavy atom. The molecule has 1 heterocycles. The summed E-state index contributed by atoms with van der Waals surface area (Å²) in [5.41, 5.74) is 0.304. The van der Waals surface area contributed by atoms with E-state index in [0.717, 1.165) is 12.8 Å². The van der Waals surface area contributed by atoms with Gasteiger partial charge in [-0.25, -0.2) is 4.39 Å². The van der Waals surface area contributed by atoms with E-state index >= 15 is 0 Å². The number of carbonyl (C=O) groups is 1. The molecule has 0 radical (unpaired) electrons. The van der Waals surface area contributed by atoms with Gasteiger partial charge in [-0.15, -0.1) is 0 Å². The molecule has 4 heteroatoms. The van der Waals surface area contributed by atoms with Gasteiger partial charge in [-0.05, 0) is 43.4 Å². The van der Waals surface area contributed by atoms with E-state index in [1.807, 2.05) is 0 Å². The first-order valence-electron chi connectivity index (χ1n) is 6.90. The minimum Gasteiger partial charge on any atom is -0.304 e. The van der Waals surface area contributed by atoms with Gasteiger partial charge in [-0.3, -0.25) is 4.79 Å². The number of nitrogens with one attached hydrogen (secondary N) is 1. The summed E-state index contributed by atoms with van der Waals surface area (Å²) in [6.45, 7) is 0. The Morgan fingerprint density at radius 1 is 1.32 bits per heavy atom. The van der Waals surface area contributed by atoms with Crippen LogP contribution in [0, 0.1) is 11.7 Å². The molecule has 3 unspecified atom stereocenters. The Kier molecular flexibility index (Phi) is 3.59. The van der Waals surface area contributed by atoms with Gasteiger partial charge in [-0.1, -0.05) is 24.4 Å². The number of Topliss-reactive ketones (excluding diaryl/α,β-unsaturated/α-hetero) is 1. The predicted molar refractivity (Wildman–Crippen MR) is 73.0 cm³/mol. The number of benzene rings is 1. The van der Waals surface area contributed by atoms with Gasteiger partial charge < -0.3 is 5.32 Å². The number of hydrogen-bond acceptors (Lipinski definition) is 2. The zero-order valence-electron chi connectivity index (χ0n) is 10.7. The molecule has 1 N–H and O–H groups in total. The quantitative estimate of drug-likeness (QED) is 0.840. The summed E-state index contributed by atoms with van der Waals surface area (Å²) in [5, 5.41) is 3.74. The summed E-state index contributed by atoms with van der Waals surface area (Å²) >= 11 is 6.01. The van der Waals surface area contributed by atoms with Crippen LogP contribution in [0.15, 0.2) is 18.2 Å². The lowest BCUT2D eigenvalue weighted by Crippen LogP contribution is -2.37. The van der Waals surface area contributed by atoms with E-state index in [0.29, 0.717) is 22.5 Å². The first kappa shape index (κ1) is 13.1. The van der Waals surface area contributed by atoms with Crippen molar-refractivity contribution in [2.24, 2.45) is 5.92 Å². The lowest BCUT2D eigenvalue weighted by Gasteiger charge is -2.24. The highest BCUT2D eigenvalue weighted by molar-refractivity contribution is 6.34. The van der Waals surface area contributed by atoms with Crippen LogP contribution in [0.4, 0.5) is 4.39 Å². The average molecular weight is 282 g/mol. The topological polar surface area (TPSA) is 29.1 Å². The highest BCUT2D eigenvalue weighted by Gasteiger charge is 2.38. The molecular formula is C15H17ClFNO. The van der Waals surface area contributed by atoms with Gasteiger partial charge >= 0.3 is 0 Å². The van der Waals surface area contributed by atoms with Crippen LogP contribution in [0.3, 0.4) is 0 Å². The predicted octanol–water partition coefficient (Wildman–Crippen LogP) is 3.58. The Balaban J connectivity index is 1.79. The van der Waals surface area contributed by atoms with Crippen molar-refractivity contribution in [3.8, 4) is 0 Å². The molecule has 1 aliphatic carbocycles. The fourth-order valence-corrected chi connectivity index (χ4v) is 3.61. The Labute approximate surface area is 117 Å². The van der Waals surface area contributed by atoms with Crippen LogP contribution in [-0.2, 0) is 0 Å². The lowest BCUT2D eigenvalue weighted by molar-refractivity contribution is 0.0948. The molecule has 19 heavy (non-hydrogen) atoms. The van der Waals surface area contributed by atoms with Crippen molar-refractivity contribution in [2.75, 3.05) is 0 Å². The first-order valence-corrected chi connectivity index (χ1v) is 7.28. The number of halogens is 2. The number of hydrogen-bond donors (Lipinski definition) is 1. The maximum absolute atomic E-state index is 13.3. The molecule has 0 aromatic heterocycles. The van der Waals surface area contributed by atoms with Crippen molar-refractivity contribution in [1.82, 2.24) is 5.32 Å². The van der Waals surface area contributed by atoms with Crippen LogP contribution in [0.25, 0.3) is 0 Å². The van der Waals surface area contributed by atoms with Gasteiger partial charge in [0, 0.05) is 11.6 Å². The Bertz CT molecular complexity index is 491. The van der Waals surface area contributed by atoms with Crippen LogP contribution < -0.4 is 5.32 Å². The summed E-state index contributed by atoms with van der Waals surface area (Å²) in [4.78, 5) is 12.4.